The molecule has 0 spiro atoms. The number of piperazine rings is 1. The molecular weight excluding hydrogens is 304 g/mol. The van der Waals surface area contributed by atoms with Crippen molar-refractivity contribution in [1.82, 2.24) is 19.6 Å². The first-order chi connectivity index (χ1) is 11.5. The predicted octanol–water partition coefficient (Wildman–Crippen LogP) is 1.14. The zero-order chi connectivity index (χ0) is 17.3. The number of carbonyl (C=O) groups excluding carboxylic acids is 2. The highest BCUT2D eigenvalue weighted by Gasteiger charge is 2.38. The van der Waals surface area contributed by atoms with E-state index in [-0.39, 0.29) is 18.4 Å². The summed E-state index contributed by atoms with van der Waals surface area (Å²) in [4.78, 5) is 28.5. The highest BCUT2D eigenvalue weighted by atomic mass is 16.2. The van der Waals surface area contributed by atoms with E-state index in [1.54, 1.807) is 22.8 Å². The van der Waals surface area contributed by atoms with Gasteiger partial charge in [-0.05, 0) is 12.5 Å². The molecule has 1 aromatic carbocycles. The molecule has 1 saturated heterocycles. The lowest BCUT2D eigenvalue weighted by molar-refractivity contribution is -0.155. The Morgan fingerprint density at radius 2 is 1.88 bits per heavy atom. The Kier molecular flexibility index (Phi) is 4.38. The van der Waals surface area contributed by atoms with Crippen molar-refractivity contribution in [2.24, 2.45) is 7.05 Å². The van der Waals surface area contributed by atoms with Gasteiger partial charge < -0.3 is 9.80 Å². The van der Waals surface area contributed by atoms with Crippen LogP contribution in [-0.4, -0.2) is 51.0 Å². The number of carbonyl (C=O) groups is 2. The summed E-state index contributed by atoms with van der Waals surface area (Å²) >= 11 is 0. The van der Waals surface area contributed by atoms with Crippen molar-refractivity contribution in [3.63, 3.8) is 0 Å². The fourth-order valence-electron chi connectivity index (χ4n) is 3.05. The molecular formula is C18H22N4O2. The molecule has 1 fully saturated rings. The highest BCUT2D eigenvalue weighted by Crippen LogP contribution is 2.20. The first kappa shape index (κ1) is 16.2. The summed E-state index contributed by atoms with van der Waals surface area (Å²) in [6.45, 7) is 2.51. The normalized spacial score (nSPS) is 18.4. The third kappa shape index (κ3) is 3.04. The van der Waals surface area contributed by atoms with Gasteiger partial charge in [0.2, 0.25) is 11.8 Å². The van der Waals surface area contributed by atoms with Gasteiger partial charge in [0.05, 0.1) is 12.7 Å². The molecule has 0 bridgehead atoms. The lowest BCUT2D eigenvalue weighted by Crippen LogP contribution is -2.59. The number of nitrogens with zero attached hydrogens (tertiary/aromatic N) is 4. The van der Waals surface area contributed by atoms with Crippen LogP contribution < -0.4 is 0 Å². The molecule has 24 heavy (non-hydrogen) atoms. The molecule has 0 saturated carbocycles. The molecule has 1 aliphatic rings. The number of hydrogen-bond donors (Lipinski definition) is 0. The van der Waals surface area contributed by atoms with Gasteiger partial charge in [0.25, 0.3) is 0 Å². The molecule has 2 aromatic rings. The van der Waals surface area contributed by atoms with Crippen molar-refractivity contribution in [2.45, 2.75) is 25.9 Å². The Labute approximate surface area is 141 Å². The summed E-state index contributed by atoms with van der Waals surface area (Å²) in [7, 11) is 3.56. The van der Waals surface area contributed by atoms with E-state index in [0.717, 1.165) is 16.8 Å². The van der Waals surface area contributed by atoms with Crippen molar-refractivity contribution in [1.29, 1.82) is 0 Å². The van der Waals surface area contributed by atoms with Crippen molar-refractivity contribution in [3.8, 4) is 0 Å². The fourth-order valence-corrected chi connectivity index (χ4v) is 3.05. The summed E-state index contributed by atoms with van der Waals surface area (Å²) in [6, 6.07) is 9.34. The Balaban J connectivity index is 1.88. The topological polar surface area (TPSA) is 58.4 Å². The second-order valence-electron chi connectivity index (χ2n) is 6.30. The maximum atomic E-state index is 12.7. The zero-order valence-electron chi connectivity index (χ0n) is 14.3. The van der Waals surface area contributed by atoms with Gasteiger partial charge in [-0.2, -0.15) is 5.10 Å². The van der Waals surface area contributed by atoms with Crippen LogP contribution in [0.2, 0.25) is 0 Å². The molecule has 6 heteroatoms. The number of aromatic nitrogens is 2. The first-order valence-corrected chi connectivity index (χ1v) is 8.03. The minimum absolute atomic E-state index is 0.0139. The molecule has 1 atom stereocenters. The quantitative estimate of drug-likeness (QED) is 0.846. The van der Waals surface area contributed by atoms with Gasteiger partial charge in [0, 0.05) is 38.3 Å². The third-order valence-corrected chi connectivity index (χ3v) is 4.68. The molecule has 3 rings (SSSR count). The lowest BCUT2D eigenvalue weighted by Gasteiger charge is -2.39. The maximum absolute atomic E-state index is 12.7. The molecule has 0 unspecified atom stereocenters. The monoisotopic (exact) mass is 326 g/mol. The van der Waals surface area contributed by atoms with Gasteiger partial charge in [0.15, 0.2) is 0 Å². The van der Waals surface area contributed by atoms with E-state index in [1.807, 2.05) is 44.3 Å². The summed E-state index contributed by atoms with van der Waals surface area (Å²) in [5.74, 6) is -0.0405. The Bertz CT molecular complexity index is 754. The lowest BCUT2D eigenvalue weighted by atomic mass is 10.0. The average molecular weight is 326 g/mol. The van der Waals surface area contributed by atoms with Crippen LogP contribution >= 0.6 is 0 Å². The van der Waals surface area contributed by atoms with Crippen molar-refractivity contribution in [3.05, 3.63) is 53.3 Å². The predicted molar refractivity (Wildman–Crippen MR) is 90.1 cm³/mol. The van der Waals surface area contributed by atoms with E-state index in [4.69, 9.17) is 0 Å². The van der Waals surface area contributed by atoms with Gasteiger partial charge >= 0.3 is 0 Å². The minimum atomic E-state index is -0.474. The van der Waals surface area contributed by atoms with E-state index in [1.165, 1.54) is 4.90 Å². The van der Waals surface area contributed by atoms with Crippen molar-refractivity contribution < 1.29 is 9.59 Å². The standard InChI is InChI=1S/C18H22N4O2/c1-13-15(10-19-21(13)3)11-22-16(9-14-7-5-4-6-8-14)18(24)20(2)12-17(22)23/h4-8,10,16H,9,11-12H2,1-3H3/t16-/m0/s1. The van der Waals surface area contributed by atoms with Crippen LogP contribution in [-0.2, 0) is 29.6 Å². The zero-order valence-corrected chi connectivity index (χ0v) is 14.3. The van der Waals surface area contributed by atoms with Gasteiger partial charge in [-0.3, -0.25) is 14.3 Å². The van der Waals surface area contributed by atoms with Crippen molar-refractivity contribution in [2.75, 3.05) is 13.6 Å². The molecule has 0 aliphatic carbocycles. The molecule has 0 radical (unpaired) electrons. The Morgan fingerprint density at radius 3 is 2.50 bits per heavy atom. The SMILES string of the molecule is Cc1c(CN2C(=O)CN(C)C(=O)[C@@H]2Cc2ccccc2)cnn1C. The van der Waals surface area contributed by atoms with Crippen LogP contribution in [0.5, 0.6) is 0 Å². The third-order valence-electron chi connectivity index (χ3n) is 4.68. The Hall–Kier alpha value is -2.63. The van der Waals surface area contributed by atoms with E-state index in [0.29, 0.717) is 13.0 Å². The summed E-state index contributed by atoms with van der Waals surface area (Å²) in [6.07, 6.45) is 2.29. The van der Waals surface area contributed by atoms with Gasteiger partial charge in [0.1, 0.15) is 6.04 Å². The minimum Gasteiger partial charge on any atom is -0.335 e. The summed E-state index contributed by atoms with van der Waals surface area (Å²) in [5, 5.41) is 4.23. The fraction of sp³-hybridized carbons (Fsp3) is 0.389. The molecule has 6 nitrogen and oxygen atoms in total. The second-order valence-corrected chi connectivity index (χ2v) is 6.30. The van der Waals surface area contributed by atoms with E-state index in [2.05, 4.69) is 5.10 Å². The van der Waals surface area contributed by atoms with Crippen LogP contribution in [0.25, 0.3) is 0 Å². The molecule has 0 N–H and O–H groups in total. The van der Waals surface area contributed by atoms with E-state index >= 15 is 0 Å². The number of aryl methyl sites for hydroxylation is 1. The molecule has 1 aliphatic heterocycles. The molecule has 126 valence electrons. The Morgan fingerprint density at radius 1 is 1.17 bits per heavy atom. The van der Waals surface area contributed by atoms with Crippen LogP contribution in [0.15, 0.2) is 36.5 Å². The van der Waals surface area contributed by atoms with E-state index in [9.17, 15) is 9.59 Å². The largest absolute Gasteiger partial charge is 0.335 e. The maximum Gasteiger partial charge on any atom is 0.245 e. The van der Waals surface area contributed by atoms with Crippen molar-refractivity contribution >= 4 is 11.8 Å². The highest BCUT2D eigenvalue weighted by molar-refractivity contribution is 5.94. The smallest absolute Gasteiger partial charge is 0.245 e. The average Bonchev–Trinajstić information content (AvgIpc) is 2.88. The molecule has 2 amide bonds. The van der Waals surface area contributed by atoms with Gasteiger partial charge in [-0.15, -0.1) is 0 Å². The van der Waals surface area contributed by atoms with E-state index < -0.39 is 6.04 Å². The van der Waals surface area contributed by atoms with Crippen LogP contribution in [0, 0.1) is 6.92 Å². The number of hydrogen-bond acceptors (Lipinski definition) is 3. The summed E-state index contributed by atoms with van der Waals surface area (Å²) < 4.78 is 1.78. The second kappa shape index (κ2) is 6.47. The number of benzene rings is 1. The number of likely N-dealkylation sites (N-methyl/N-ethyl adjacent to an activating group) is 1. The molecule has 2 heterocycles. The van der Waals surface area contributed by atoms with Crippen LogP contribution in [0.3, 0.4) is 0 Å². The number of rotatable bonds is 4. The summed E-state index contributed by atoms with van der Waals surface area (Å²) in [5.41, 5.74) is 3.03. The first-order valence-electron chi connectivity index (χ1n) is 8.03. The number of amides is 2. The van der Waals surface area contributed by atoms with Crippen LogP contribution in [0.1, 0.15) is 16.8 Å². The van der Waals surface area contributed by atoms with Gasteiger partial charge in [-0.25, -0.2) is 0 Å². The van der Waals surface area contributed by atoms with Gasteiger partial charge in [-0.1, -0.05) is 30.3 Å². The molecule has 1 aromatic heterocycles. The van der Waals surface area contributed by atoms with Crippen LogP contribution in [0.4, 0.5) is 0 Å².